The Morgan fingerprint density at radius 1 is 1.13 bits per heavy atom. The fraction of sp³-hybridized carbons (Fsp3) is 0.353. The first-order valence-electron chi connectivity index (χ1n) is 7.68. The summed E-state index contributed by atoms with van der Waals surface area (Å²) in [5, 5.41) is 6.23. The number of aliphatic imine (C=N–C) groups is 1. The van der Waals surface area contributed by atoms with Gasteiger partial charge in [-0.15, -0.1) is 0 Å². The highest BCUT2D eigenvalue weighted by atomic mass is 19.2. The number of furan rings is 1. The van der Waals surface area contributed by atoms with E-state index in [0.717, 1.165) is 18.4 Å². The van der Waals surface area contributed by atoms with Gasteiger partial charge in [0.1, 0.15) is 5.76 Å². The van der Waals surface area contributed by atoms with Crippen molar-refractivity contribution in [1.29, 1.82) is 0 Å². The van der Waals surface area contributed by atoms with E-state index >= 15 is 0 Å². The molecule has 2 aromatic rings. The quantitative estimate of drug-likeness (QED) is 0.609. The van der Waals surface area contributed by atoms with E-state index in [0.29, 0.717) is 37.5 Å². The molecule has 0 aliphatic rings. The van der Waals surface area contributed by atoms with Gasteiger partial charge < -0.3 is 15.1 Å². The molecule has 4 nitrogen and oxygen atoms in total. The summed E-state index contributed by atoms with van der Waals surface area (Å²) in [4.78, 5) is 4.43. The van der Waals surface area contributed by atoms with E-state index in [2.05, 4.69) is 15.6 Å². The molecule has 1 aromatic heterocycles. The van der Waals surface area contributed by atoms with E-state index in [4.69, 9.17) is 4.42 Å². The zero-order valence-electron chi connectivity index (χ0n) is 13.1. The lowest BCUT2D eigenvalue weighted by atomic mass is 10.1. The lowest BCUT2D eigenvalue weighted by Crippen LogP contribution is -2.38. The lowest BCUT2D eigenvalue weighted by molar-refractivity contribution is 0.498. The van der Waals surface area contributed by atoms with Gasteiger partial charge in [0.05, 0.1) is 6.26 Å². The van der Waals surface area contributed by atoms with Crippen molar-refractivity contribution in [3.05, 3.63) is 59.6 Å². The fourth-order valence-electron chi connectivity index (χ4n) is 2.13. The molecule has 0 bridgehead atoms. The van der Waals surface area contributed by atoms with Gasteiger partial charge in [0.25, 0.3) is 0 Å². The maximum Gasteiger partial charge on any atom is 0.191 e. The van der Waals surface area contributed by atoms with Crippen molar-refractivity contribution in [2.45, 2.75) is 19.8 Å². The molecule has 0 spiro atoms. The lowest BCUT2D eigenvalue weighted by Gasteiger charge is -2.11. The Morgan fingerprint density at radius 2 is 2.00 bits per heavy atom. The highest BCUT2D eigenvalue weighted by molar-refractivity contribution is 5.79. The third kappa shape index (κ3) is 5.39. The molecule has 23 heavy (non-hydrogen) atoms. The topological polar surface area (TPSA) is 49.6 Å². The van der Waals surface area contributed by atoms with Crippen LogP contribution in [-0.4, -0.2) is 25.6 Å². The number of nitrogens with one attached hydrogen (secondary N) is 2. The molecule has 0 aliphatic carbocycles. The summed E-state index contributed by atoms with van der Waals surface area (Å²) in [7, 11) is 0. The summed E-state index contributed by atoms with van der Waals surface area (Å²) < 4.78 is 32.0. The van der Waals surface area contributed by atoms with Gasteiger partial charge in [-0.25, -0.2) is 8.78 Å². The smallest absolute Gasteiger partial charge is 0.191 e. The largest absolute Gasteiger partial charge is 0.469 e. The molecule has 0 unspecified atom stereocenters. The SMILES string of the molecule is CCNC(=NCCc1ccco1)NCCc1cccc(F)c1F. The minimum absolute atomic E-state index is 0.351. The minimum atomic E-state index is -0.818. The van der Waals surface area contributed by atoms with Gasteiger partial charge in [0, 0.05) is 26.1 Å². The second kappa shape index (κ2) is 8.92. The molecule has 0 saturated carbocycles. The molecule has 124 valence electrons. The number of hydrogen-bond donors (Lipinski definition) is 2. The van der Waals surface area contributed by atoms with Crippen molar-refractivity contribution in [1.82, 2.24) is 10.6 Å². The van der Waals surface area contributed by atoms with Gasteiger partial charge in [-0.1, -0.05) is 12.1 Å². The first-order valence-corrected chi connectivity index (χ1v) is 7.68. The van der Waals surface area contributed by atoms with Crippen LogP contribution in [0.15, 0.2) is 46.0 Å². The zero-order chi connectivity index (χ0) is 16.5. The molecular weight excluding hydrogens is 300 g/mol. The Balaban J connectivity index is 1.82. The standard InChI is InChI=1S/C17H21F2N3O/c1-2-20-17(22-11-9-14-6-4-12-23-14)21-10-8-13-5-3-7-15(18)16(13)19/h3-7,12H,2,8-11H2,1H3,(H2,20,21,22). The maximum absolute atomic E-state index is 13.6. The van der Waals surface area contributed by atoms with Crippen molar-refractivity contribution in [3.8, 4) is 0 Å². The highest BCUT2D eigenvalue weighted by Gasteiger charge is 2.07. The first kappa shape index (κ1) is 17.0. The van der Waals surface area contributed by atoms with Crippen LogP contribution in [0.4, 0.5) is 8.78 Å². The Kier molecular flexibility index (Phi) is 6.59. The Bertz CT molecular complexity index is 627. The van der Waals surface area contributed by atoms with Crippen LogP contribution in [0.25, 0.3) is 0 Å². The van der Waals surface area contributed by atoms with E-state index < -0.39 is 11.6 Å². The van der Waals surface area contributed by atoms with Crippen LogP contribution in [0.1, 0.15) is 18.2 Å². The second-order valence-electron chi connectivity index (χ2n) is 4.98. The summed E-state index contributed by atoms with van der Waals surface area (Å²) >= 11 is 0. The summed E-state index contributed by atoms with van der Waals surface area (Å²) in [6.45, 7) is 3.74. The van der Waals surface area contributed by atoms with E-state index in [1.165, 1.54) is 6.07 Å². The summed E-state index contributed by atoms with van der Waals surface area (Å²) in [6, 6.07) is 7.96. The van der Waals surface area contributed by atoms with Crippen LogP contribution < -0.4 is 10.6 Å². The number of nitrogens with zero attached hydrogens (tertiary/aromatic N) is 1. The monoisotopic (exact) mass is 321 g/mol. The Morgan fingerprint density at radius 3 is 2.74 bits per heavy atom. The van der Waals surface area contributed by atoms with Crippen molar-refractivity contribution in [2.24, 2.45) is 4.99 Å². The van der Waals surface area contributed by atoms with E-state index in [9.17, 15) is 8.78 Å². The molecule has 0 amide bonds. The molecule has 0 atom stereocenters. The van der Waals surface area contributed by atoms with Crippen molar-refractivity contribution < 1.29 is 13.2 Å². The third-order valence-corrected chi connectivity index (χ3v) is 3.27. The van der Waals surface area contributed by atoms with Crippen LogP contribution in [0.2, 0.25) is 0 Å². The zero-order valence-corrected chi connectivity index (χ0v) is 13.1. The average Bonchev–Trinajstić information content (AvgIpc) is 3.05. The molecular formula is C17H21F2N3O. The third-order valence-electron chi connectivity index (χ3n) is 3.27. The molecule has 0 saturated heterocycles. The van der Waals surface area contributed by atoms with E-state index in [-0.39, 0.29) is 0 Å². The molecule has 1 heterocycles. The number of hydrogen-bond acceptors (Lipinski definition) is 2. The van der Waals surface area contributed by atoms with E-state index in [1.807, 2.05) is 19.1 Å². The first-order chi connectivity index (χ1) is 11.2. The van der Waals surface area contributed by atoms with Crippen LogP contribution >= 0.6 is 0 Å². The number of guanidine groups is 1. The molecule has 0 fully saturated rings. The van der Waals surface area contributed by atoms with Crippen molar-refractivity contribution in [3.63, 3.8) is 0 Å². The predicted octanol–water partition coefficient (Wildman–Crippen LogP) is 2.90. The van der Waals surface area contributed by atoms with Crippen molar-refractivity contribution >= 4 is 5.96 Å². The molecule has 1 aromatic carbocycles. The number of halogens is 2. The molecule has 2 N–H and O–H groups in total. The number of benzene rings is 1. The van der Waals surface area contributed by atoms with Crippen LogP contribution in [-0.2, 0) is 12.8 Å². The van der Waals surface area contributed by atoms with Gasteiger partial charge in [0.2, 0.25) is 0 Å². The Hall–Kier alpha value is -2.37. The average molecular weight is 321 g/mol. The molecule has 6 heteroatoms. The summed E-state index contributed by atoms with van der Waals surface area (Å²) in [5.41, 5.74) is 0.351. The summed E-state index contributed by atoms with van der Waals surface area (Å²) in [5.74, 6) is -0.0714. The normalized spacial score (nSPS) is 11.5. The fourth-order valence-corrected chi connectivity index (χ4v) is 2.13. The predicted molar refractivity (Wildman–Crippen MR) is 86.5 cm³/mol. The van der Waals surface area contributed by atoms with Crippen molar-refractivity contribution in [2.75, 3.05) is 19.6 Å². The van der Waals surface area contributed by atoms with Gasteiger partial charge in [-0.3, -0.25) is 4.99 Å². The van der Waals surface area contributed by atoms with Gasteiger partial charge in [-0.2, -0.15) is 0 Å². The van der Waals surface area contributed by atoms with Crippen LogP contribution in [0.3, 0.4) is 0 Å². The second-order valence-corrected chi connectivity index (χ2v) is 4.98. The van der Waals surface area contributed by atoms with E-state index in [1.54, 1.807) is 12.3 Å². The van der Waals surface area contributed by atoms with Gasteiger partial charge >= 0.3 is 0 Å². The van der Waals surface area contributed by atoms with Gasteiger partial charge in [-0.05, 0) is 37.1 Å². The molecule has 0 radical (unpaired) electrons. The van der Waals surface area contributed by atoms with Crippen LogP contribution in [0.5, 0.6) is 0 Å². The highest BCUT2D eigenvalue weighted by Crippen LogP contribution is 2.11. The minimum Gasteiger partial charge on any atom is -0.469 e. The summed E-state index contributed by atoms with van der Waals surface area (Å²) in [6.07, 6.45) is 2.73. The number of rotatable bonds is 7. The van der Waals surface area contributed by atoms with Gasteiger partial charge in [0.15, 0.2) is 17.6 Å². The molecule has 2 rings (SSSR count). The molecule has 0 aliphatic heterocycles. The maximum atomic E-state index is 13.6. The Labute approximate surface area is 134 Å². The van der Waals surface area contributed by atoms with Crippen LogP contribution in [0, 0.1) is 11.6 Å².